The van der Waals surface area contributed by atoms with E-state index in [4.69, 9.17) is 0 Å². The molecule has 1 aromatic heterocycles. The van der Waals surface area contributed by atoms with Crippen molar-refractivity contribution in [2.24, 2.45) is 0 Å². The molecule has 6 nitrogen and oxygen atoms in total. The predicted octanol–water partition coefficient (Wildman–Crippen LogP) is 2.26. The number of aromatic amines is 1. The van der Waals surface area contributed by atoms with E-state index in [0.717, 1.165) is 5.56 Å². The molecule has 1 heterocycles. The molecule has 0 aliphatic rings. The Balaban J connectivity index is 2.21. The number of carbonyl (C=O) groups excluding carboxylic acids is 2. The molecule has 1 aromatic carbocycles. The number of aromatic nitrogens is 1. The summed E-state index contributed by atoms with van der Waals surface area (Å²) in [6.45, 7) is 4.81. The van der Waals surface area contributed by atoms with E-state index < -0.39 is 17.9 Å². The zero-order chi connectivity index (χ0) is 17.9. The van der Waals surface area contributed by atoms with E-state index in [0.29, 0.717) is 16.8 Å². The highest BCUT2D eigenvalue weighted by Crippen LogP contribution is 2.18. The van der Waals surface area contributed by atoms with E-state index >= 15 is 0 Å². The lowest BCUT2D eigenvalue weighted by Crippen LogP contribution is -2.42. The van der Waals surface area contributed by atoms with E-state index in [2.05, 4.69) is 10.3 Å². The molecule has 0 radical (unpaired) electrons. The number of aliphatic carboxylic acids is 1. The summed E-state index contributed by atoms with van der Waals surface area (Å²) in [6.07, 6.45) is 0.181. The number of carbonyl (C=O) groups is 3. The van der Waals surface area contributed by atoms with Gasteiger partial charge in [0.05, 0.1) is 0 Å². The maximum absolute atomic E-state index is 12.4. The van der Waals surface area contributed by atoms with Crippen LogP contribution in [0.1, 0.15) is 44.6 Å². The number of hydrogen-bond acceptors (Lipinski definition) is 3. The highest BCUT2D eigenvalue weighted by atomic mass is 16.4. The van der Waals surface area contributed by atoms with Crippen molar-refractivity contribution in [3.05, 3.63) is 58.4 Å². The van der Waals surface area contributed by atoms with E-state index in [1.165, 1.54) is 6.92 Å². The van der Waals surface area contributed by atoms with Crippen LogP contribution < -0.4 is 5.32 Å². The molecule has 3 N–H and O–H groups in total. The summed E-state index contributed by atoms with van der Waals surface area (Å²) in [5, 5.41) is 11.9. The minimum atomic E-state index is -1.11. The Labute approximate surface area is 139 Å². The van der Waals surface area contributed by atoms with Crippen molar-refractivity contribution in [3.63, 3.8) is 0 Å². The number of benzene rings is 1. The van der Waals surface area contributed by atoms with Gasteiger partial charge in [-0.15, -0.1) is 0 Å². The van der Waals surface area contributed by atoms with Crippen LogP contribution in [0.15, 0.2) is 30.3 Å². The second-order valence-corrected chi connectivity index (χ2v) is 5.74. The minimum Gasteiger partial charge on any atom is -0.480 e. The molecule has 126 valence electrons. The van der Waals surface area contributed by atoms with E-state index in [-0.39, 0.29) is 17.9 Å². The predicted molar refractivity (Wildman–Crippen MR) is 89.3 cm³/mol. The lowest BCUT2D eigenvalue weighted by atomic mass is 10.0. The molecule has 0 aliphatic carbocycles. The molecule has 6 heteroatoms. The van der Waals surface area contributed by atoms with Gasteiger partial charge >= 0.3 is 5.97 Å². The number of ketones is 1. The van der Waals surface area contributed by atoms with E-state index in [1.54, 1.807) is 26.0 Å². The van der Waals surface area contributed by atoms with E-state index in [9.17, 15) is 19.5 Å². The highest BCUT2D eigenvalue weighted by Gasteiger charge is 2.25. The number of carboxylic acids is 1. The van der Waals surface area contributed by atoms with Crippen molar-refractivity contribution < 1.29 is 19.5 Å². The molecule has 0 saturated carbocycles. The van der Waals surface area contributed by atoms with Gasteiger partial charge in [-0.3, -0.25) is 9.59 Å². The number of Topliss-reactive ketones (excluding diaryl/α,β-unsaturated/α-hetero) is 1. The van der Waals surface area contributed by atoms with E-state index in [1.807, 2.05) is 18.2 Å². The third kappa shape index (κ3) is 3.71. The van der Waals surface area contributed by atoms with Gasteiger partial charge in [0.1, 0.15) is 11.7 Å². The number of nitrogens with one attached hydrogen (secondary N) is 2. The van der Waals surface area contributed by atoms with Crippen LogP contribution >= 0.6 is 0 Å². The highest BCUT2D eigenvalue weighted by molar-refractivity contribution is 6.03. The summed E-state index contributed by atoms with van der Waals surface area (Å²) >= 11 is 0. The first-order chi connectivity index (χ1) is 11.3. The van der Waals surface area contributed by atoms with Crippen LogP contribution in [0, 0.1) is 13.8 Å². The summed E-state index contributed by atoms with van der Waals surface area (Å²) in [5.74, 6) is -1.79. The molecule has 1 atom stereocenters. The third-order valence-corrected chi connectivity index (χ3v) is 3.90. The quantitative estimate of drug-likeness (QED) is 0.708. The van der Waals surface area contributed by atoms with Gasteiger partial charge in [-0.25, -0.2) is 4.79 Å². The molecule has 0 saturated heterocycles. The Bertz CT molecular complexity index is 778. The van der Waals surface area contributed by atoms with Gasteiger partial charge in [0.2, 0.25) is 0 Å². The Morgan fingerprint density at radius 1 is 1.17 bits per heavy atom. The fourth-order valence-corrected chi connectivity index (χ4v) is 2.79. The molecule has 2 aromatic rings. The van der Waals surface area contributed by atoms with Crippen molar-refractivity contribution in [3.8, 4) is 0 Å². The second kappa shape index (κ2) is 7.12. The zero-order valence-corrected chi connectivity index (χ0v) is 13.8. The molecule has 0 unspecified atom stereocenters. The first kappa shape index (κ1) is 17.5. The van der Waals surface area contributed by atoms with Crippen LogP contribution in [0.2, 0.25) is 0 Å². The van der Waals surface area contributed by atoms with Crippen LogP contribution in [0.3, 0.4) is 0 Å². The van der Waals surface area contributed by atoms with Crippen molar-refractivity contribution in [1.82, 2.24) is 10.3 Å². The van der Waals surface area contributed by atoms with Gasteiger partial charge in [-0.1, -0.05) is 30.3 Å². The average molecular weight is 328 g/mol. The standard InChI is InChI=1S/C18H20N2O4/c1-10-15(12(3)21)11(2)19-16(10)17(22)20-14(18(23)24)9-13-7-5-4-6-8-13/h4-8,14,19H,9H2,1-3H3,(H,20,22)(H,23,24)/t14-/m0/s1. The Morgan fingerprint density at radius 2 is 1.79 bits per heavy atom. The van der Waals surface area contributed by atoms with Gasteiger partial charge in [-0.2, -0.15) is 0 Å². The molecule has 0 bridgehead atoms. The smallest absolute Gasteiger partial charge is 0.326 e. The number of H-pyrrole nitrogens is 1. The number of aryl methyl sites for hydroxylation is 1. The molecule has 0 fully saturated rings. The van der Waals surface area contributed by atoms with Gasteiger partial charge in [-0.05, 0) is 31.9 Å². The van der Waals surface area contributed by atoms with Crippen molar-refractivity contribution in [2.75, 3.05) is 0 Å². The largest absolute Gasteiger partial charge is 0.480 e. The molecule has 0 aliphatic heterocycles. The molecule has 1 amide bonds. The number of rotatable bonds is 6. The summed E-state index contributed by atoms with van der Waals surface area (Å²) in [6, 6.07) is 8.02. The first-order valence-electron chi connectivity index (χ1n) is 7.59. The summed E-state index contributed by atoms with van der Waals surface area (Å²) < 4.78 is 0. The SMILES string of the molecule is CC(=O)c1c(C)[nH]c(C(=O)N[C@@H](Cc2ccccc2)C(=O)O)c1C. The van der Waals surface area contributed by atoms with Gasteiger partial charge in [0, 0.05) is 17.7 Å². The average Bonchev–Trinajstić information content (AvgIpc) is 2.82. The molecular weight excluding hydrogens is 308 g/mol. The Morgan fingerprint density at radius 3 is 2.29 bits per heavy atom. The van der Waals surface area contributed by atoms with Gasteiger partial charge < -0.3 is 15.4 Å². The van der Waals surface area contributed by atoms with Crippen molar-refractivity contribution >= 4 is 17.7 Å². The van der Waals surface area contributed by atoms with Crippen molar-refractivity contribution in [2.45, 2.75) is 33.2 Å². The number of hydrogen-bond donors (Lipinski definition) is 3. The van der Waals surface area contributed by atoms with Crippen LogP contribution in [0.5, 0.6) is 0 Å². The summed E-state index contributed by atoms with van der Waals surface area (Å²) in [7, 11) is 0. The van der Waals surface area contributed by atoms with Crippen LogP contribution in [-0.4, -0.2) is 33.8 Å². The third-order valence-electron chi connectivity index (χ3n) is 3.90. The Hall–Kier alpha value is -2.89. The van der Waals surface area contributed by atoms with Crippen molar-refractivity contribution in [1.29, 1.82) is 0 Å². The lowest BCUT2D eigenvalue weighted by molar-refractivity contribution is -0.139. The molecule has 2 rings (SSSR count). The van der Waals surface area contributed by atoms with Gasteiger partial charge in [0.25, 0.3) is 5.91 Å². The molecule has 24 heavy (non-hydrogen) atoms. The molecular formula is C18H20N2O4. The fraction of sp³-hybridized carbons (Fsp3) is 0.278. The molecule has 0 spiro atoms. The topological polar surface area (TPSA) is 99.3 Å². The summed E-state index contributed by atoms with van der Waals surface area (Å²) in [5.41, 5.74) is 2.63. The van der Waals surface area contributed by atoms with Crippen LogP contribution in [0.25, 0.3) is 0 Å². The zero-order valence-electron chi connectivity index (χ0n) is 13.8. The number of amides is 1. The normalized spacial score (nSPS) is 11.8. The maximum Gasteiger partial charge on any atom is 0.326 e. The lowest BCUT2D eigenvalue weighted by Gasteiger charge is -2.14. The second-order valence-electron chi connectivity index (χ2n) is 5.74. The van der Waals surface area contributed by atoms with Gasteiger partial charge in [0.15, 0.2) is 5.78 Å². The number of carboxylic acid groups (broad SMARTS) is 1. The first-order valence-corrected chi connectivity index (χ1v) is 7.59. The van der Waals surface area contributed by atoms with Crippen LogP contribution in [0.4, 0.5) is 0 Å². The fourth-order valence-electron chi connectivity index (χ4n) is 2.79. The minimum absolute atomic E-state index is 0.139. The Kier molecular flexibility index (Phi) is 5.18. The summed E-state index contributed by atoms with van der Waals surface area (Å²) in [4.78, 5) is 38.4. The van der Waals surface area contributed by atoms with Crippen LogP contribution in [-0.2, 0) is 11.2 Å². The maximum atomic E-state index is 12.4. The monoisotopic (exact) mass is 328 g/mol.